The fourth-order valence-corrected chi connectivity index (χ4v) is 2.26. The number of carbonyl (C=O) groups is 1. The van der Waals surface area contributed by atoms with E-state index in [1.807, 2.05) is 24.3 Å². The lowest BCUT2D eigenvalue weighted by Gasteiger charge is -2.13. The summed E-state index contributed by atoms with van der Waals surface area (Å²) in [5, 5.41) is 11.6. The number of amides is 1. The Kier molecular flexibility index (Phi) is 4.35. The number of hydrogen-bond acceptors (Lipinski definition) is 5. The molecule has 0 saturated carbocycles. The van der Waals surface area contributed by atoms with Crippen molar-refractivity contribution < 1.29 is 4.79 Å². The van der Waals surface area contributed by atoms with Gasteiger partial charge in [-0.25, -0.2) is 14.6 Å². The van der Waals surface area contributed by atoms with E-state index >= 15 is 0 Å². The number of rotatable bonds is 4. The molecule has 130 valence electrons. The summed E-state index contributed by atoms with van der Waals surface area (Å²) >= 11 is 0. The van der Waals surface area contributed by atoms with Gasteiger partial charge in [0.1, 0.15) is 24.5 Å². The molecule has 1 amide bonds. The fourth-order valence-electron chi connectivity index (χ4n) is 2.26. The molecule has 0 radical (unpaired) electrons. The van der Waals surface area contributed by atoms with E-state index in [4.69, 9.17) is 0 Å². The molecule has 25 heavy (non-hydrogen) atoms. The molecule has 3 aromatic heterocycles. The highest BCUT2D eigenvalue weighted by Crippen LogP contribution is 2.26. The molecule has 3 heterocycles. The van der Waals surface area contributed by atoms with Crippen LogP contribution in [0.5, 0.6) is 0 Å². The summed E-state index contributed by atoms with van der Waals surface area (Å²) in [6, 6.07) is 6.94. The van der Waals surface area contributed by atoms with Crippen molar-refractivity contribution in [2.75, 3.05) is 5.32 Å². The maximum absolute atomic E-state index is 12.6. The zero-order valence-corrected chi connectivity index (χ0v) is 14.7. The predicted molar refractivity (Wildman–Crippen MR) is 93.4 cm³/mol. The minimum atomic E-state index is -0.493. The molecule has 1 N–H and O–H groups in total. The number of nitrogens with zero attached hydrogens (tertiary/aromatic N) is 6. The Morgan fingerprint density at radius 1 is 1.28 bits per heavy atom. The molecule has 0 aromatic carbocycles. The van der Waals surface area contributed by atoms with E-state index in [9.17, 15) is 4.79 Å². The van der Waals surface area contributed by atoms with Crippen LogP contribution in [0.2, 0.25) is 0 Å². The van der Waals surface area contributed by atoms with E-state index in [-0.39, 0.29) is 11.3 Å². The van der Waals surface area contributed by atoms with Crippen LogP contribution in [-0.2, 0) is 10.2 Å². The summed E-state index contributed by atoms with van der Waals surface area (Å²) in [6.07, 6.45) is 4.61. The Labute approximate surface area is 145 Å². The van der Waals surface area contributed by atoms with Crippen molar-refractivity contribution in [3.05, 3.63) is 48.8 Å². The van der Waals surface area contributed by atoms with E-state index in [2.05, 4.69) is 46.3 Å². The van der Waals surface area contributed by atoms with Gasteiger partial charge in [-0.1, -0.05) is 26.8 Å². The molecule has 0 aliphatic carbocycles. The highest BCUT2D eigenvalue weighted by molar-refractivity contribution is 5.92. The van der Waals surface area contributed by atoms with E-state index in [0.29, 0.717) is 11.6 Å². The SMILES string of the molecule is CC(C(=O)Nc1cc(C(C)(C)C)nn1-c1ccccn1)n1cncn1. The van der Waals surface area contributed by atoms with Crippen LogP contribution in [0.15, 0.2) is 43.1 Å². The highest BCUT2D eigenvalue weighted by atomic mass is 16.2. The third kappa shape index (κ3) is 3.57. The maximum atomic E-state index is 12.6. The lowest BCUT2D eigenvalue weighted by molar-refractivity contribution is -0.119. The molecule has 3 aromatic rings. The van der Waals surface area contributed by atoms with Gasteiger partial charge >= 0.3 is 0 Å². The summed E-state index contributed by atoms with van der Waals surface area (Å²) in [6.45, 7) is 7.97. The molecule has 0 saturated heterocycles. The number of anilines is 1. The largest absolute Gasteiger partial charge is 0.309 e. The standard InChI is InChI=1S/C17H21N7O/c1-12(23-11-18-10-20-23)16(25)21-15-9-13(17(2,3)4)22-24(15)14-7-5-6-8-19-14/h5-12H,1-4H3,(H,21,25). The predicted octanol–water partition coefficient (Wildman–Crippen LogP) is 2.36. The first-order valence-electron chi connectivity index (χ1n) is 8.03. The first kappa shape index (κ1) is 16.8. The van der Waals surface area contributed by atoms with Gasteiger partial charge in [0.15, 0.2) is 5.82 Å². The lowest BCUT2D eigenvalue weighted by atomic mass is 9.92. The quantitative estimate of drug-likeness (QED) is 0.788. The van der Waals surface area contributed by atoms with Gasteiger partial charge < -0.3 is 5.32 Å². The monoisotopic (exact) mass is 339 g/mol. The second kappa shape index (κ2) is 6.46. The molecule has 0 spiro atoms. The van der Waals surface area contributed by atoms with Crippen molar-refractivity contribution in [2.24, 2.45) is 0 Å². The van der Waals surface area contributed by atoms with Gasteiger partial charge in [0.05, 0.1) is 5.69 Å². The normalized spacial score (nSPS) is 12.8. The Morgan fingerprint density at radius 2 is 2.08 bits per heavy atom. The zero-order chi connectivity index (χ0) is 18.0. The van der Waals surface area contributed by atoms with E-state index in [1.54, 1.807) is 17.8 Å². The highest BCUT2D eigenvalue weighted by Gasteiger charge is 2.23. The maximum Gasteiger partial charge on any atom is 0.250 e. The fraction of sp³-hybridized carbons (Fsp3) is 0.353. The summed E-state index contributed by atoms with van der Waals surface area (Å²) in [5.74, 6) is 1.00. The van der Waals surface area contributed by atoms with E-state index in [1.165, 1.54) is 17.3 Å². The van der Waals surface area contributed by atoms with Crippen LogP contribution in [0.4, 0.5) is 5.82 Å². The molecular weight excluding hydrogens is 318 g/mol. The van der Waals surface area contributed by atoms with Gasteiger partial charge in [-0.05, 0) is 19.1 Å². The summed E-state index contributed by atoms with van der Waals surface area (Å²) in [7, 11) is 0. The summed E-state index contributed by atoms with van der Waals surface area (Å²) in [5.41, 5.74) is 0.707. The second-order valence-electron chi connectivity index (χ2n) is 6.81. The number of pyridine rings is 1. The molecule has 8 nitrogen and oxygen atoms in total. The van der Waals surface area contributed by atoms with E-state index < -0.39 is 6.04 Å². The van der Waals surface area contributed by atoms with Crippen molar-refractivity contribution in [1.29, 1.82) is 0 Å². The number of nitrogens with one attached hydrogen (secondary N) is 1. The Morgan fingerprint density at radius 3 is 2.68 bits per heavy atom. The average Bonchev–Trinajstić information content (AvgIpc) is 3.24. The minimum absolute atomic E-state index is 0.156. The number of hydrogen-bond donors (Lipinski definition) is 1. The van der Waals surface area contributed by atoms with E-state index in [0.717, 1.165) is 5.69 Å². The first-order chi connectivity index (χ1) is 11.9. The van der Waals surface area contributed by atoms with Gasteiger partial charge in [-0.2, -0.15) is 14.9 Å². The van der Waals surface area contributed by atoms with Crippen LogP contribution in [0, 0.1) is 0 Å². The van der Waals surface area contributed by atoms with Crippen LogP contribution in [0.3, 0.4) is 0 Å². The van der Waals surface area contributed by atoms with Crippen molar-refractivity contribution >= 4 is 11.7 Å². The Hall–Kier alpha value is -3.03. The van der Waals surface area contributed by atoms with Crippen molar-refractivity contribution in [3.8, 4) is 5.82 Å². The molecule has 0 aliphatic heterocycles. The minimum Gasteiger partial charge on any atom is -0.309 e. The molecule has 1 unspecified atom stereocenters. The molecular formula is C17H21N7O. The zero-order valence-electron chi connectivity index (χ0n) is 14.7. The topological polar surface area (TPSA) is 90.5 Å². The summed E-state index contributed by atoms with van der Waals surface area (Å²) in [4.78, 5) is 20.8. The summed E-state index contributed by atoms with van der Waals surface area (Å²) < 4.78 is 3.15. The van der Waals surface area contributed by atoms with Gasteiger partial charge in [0, 0.05) is 17.7 Å². The smallest absolute Gasteiger partial charge is 0.250 e. The van der Waals surface area contributed by atoms with Gasteiger partial charge in [-0.15, -0.1) is 0 Å². The molecule has 0 aliphatic rings. The average molecular weight is 339 g/mol. The Balaban J connectivity index is 1.94. The Bertz CT molecular complexity index is 847. The second-order valence-corrected chi connectivity index (χ2v) is 6.81. The van der Waals surface area contributed by atoms with Gasteiger partial charge in [-0.3, -0.25) is 4.79 Å². The number of aromatic nitrogens is 6. The lowest BCUT2D eigenvalue weighted by Crippen LogP contribution is -2.25. The van der Waals surface area contributed by atoms with Crippen molar-refractivity contribution in [3.63, 3.8) is 0 Å². The van der Waals surface area contributed by atoms with Crippen LogP contribution in [-0.4, -0.2) is 35.4 Å². The third-order valence-corrected chi connectivity index (χ3v) is 3.81. The molecule has 3 rings (SSSR count). The van der Waals surface area contributed by atoms with Crippen LogP contribution in [0.25, 0.3) is 5.82 Å². The molecule has 1 atom stereocenters. The van der Waals surface area contributed by atoms with Crippen molar-refractivity contribution in [2.45, 2.75) is 39.2 Å². The van der Waals surface area contributed by atoms with Crippen LogP contribution in [0.1, 0.15) is 39.4 Å². The van der Waals surface area contributed by atoms with Crippen molar-refractivity contribution in [1.82, 2.24) is 29.5 Å². The number of carbonyl (C=O) groups excluding carboxylic acids is 1. The molecule has 0 bridgehead atoms. The van der Waals surface area contributed by atoms with Crippen LogP contribution < -0.4 is 5.32 Å². The van der Waals surface area contributed by atoms with Crippen LogP contribution >= 0.6 is 0 Å². The first-order valence-corrected chi connectivity index (χ1v) is 8.03. The third-order valence-electron chi connectivity index (χ3n) is 3.81. The van der Waals surface area contributed by atoms with Gasteiger partial charge in [0.25, 0.3) is 0 Å². The van der Waals surface area contributed by atoms with Gasteiger partial charge in [0.2, 0.25) is 5.91 Å². The molecule has 0 fully saturated rings. The molecule has 8 heteroatoms.